The summed E-state index contributed by atoms with van der Waals surface area (Å²) in [4.78, 5) is 37.0. The fraction of sp³-hybridized carbons (Fsp3) is 0.481. The lowest BCUT2D eigenvalue weighted by atomic mass is 9.79. The van der Waals surface area contributed by atoms with Gasteiger partial charge in [-0.2, -0.15) is 5.10 Å². The van der Waals surface area contributed by atoms with Crippen molar-refractivity contribution < 1.29 is 19.4 Å². The summed E-state index contributed by atoms with van der Waals surface area (Å²) >= 11 is 0. The topological polar surface area (TPSA) is 205 Å². The van der Waals surface area contributed by atoms with Crippen molar-refractivity contribution in [1.82, 2.24) is 31.0 Å². The lowest BCUT2D eigenvalue weighted by Crippen LogP contribution is -2.73. The summed E-state index contributed by atoms with van der Waals surface area (Å²) in [7, 11) is 0. The van der Waals surface area contributed by atoms with Crippen molar-refractivity contribution in [2.45, 2.75) is 62.5 Å². The first-order valence-electron chi connectivity index (χ1n) is 13.6. The molecule has 1 spiro atoms. The van der Waals surface area contributed by atoms with Crippen molar-refractivity contribution in [3.63, 3.8) is 0 Å². The second-order valence-electron chi connectivity index (χ2n) is 11.5. The van der Waals surface area contributed by atoms with Crippen LogP contribution in [-0.2, 0) is 5.41 Å². The number of amides is 2. The molecule has 0 saturated carbocycles. The first-order valence-corrected chi connectivity index (χ1v) is 13.6. The molecule has 2 amide bonds. The maximum atomic E-state index is 13.6. The molecule has 0 radical (unpaired) electrons. The summed E-state index contributed by atoms with van der Waals surface area (Å²) in [5.41, 5.74) is 13.3. The molecule has 2 aromatic rings. The van der Waals surface area contributed by atoms with E-state index in [1.807, 2.05) is 12.1 Å². The molecule has 1 aromatic heterocycles. The number of nitrogens with zero attached hydrogens (tertiary/aromatic N) is 5. The smallest absolute Gasteiger partial charge is 0.271 e. The first-order chi connectivity index (χ1) is 19.5. The number of carbonyl (C=O) groups excluding carboxylic acids is 2. The van der Waals surface area contributed by atoms with E-state index in [0.717, 1.165) is 12.0 Å². The molecule has 14 nitrogen and oxygen atoms in total. The van der Waals surface area contributed by atoms with E-state index >= 15 is 0 Å². The molecule has 5 heterocycles. The van der Waals surface area contributed by atoms with Gasteiger partial charge in [0, 0.05) is 18.7 Å². The van der Waals surface area contributed by atoms with Gasteiger partial charge in [-0.25, -0.2) is 9.98 Å². The highest BCUT2D eigenvalue weighted by molar-refractivity contribution is 5.98. The zero-order chi connectivity index (χ0) is 29.1. The normalized spacial score (nSPS) is 29.1. The van der Waals surface area contributed by atoms with Crippen LogP contribution in [0.4, 0.5) is 0 Å². The number of guanidine groups is 2. The molecular weight excluding hydrogens is 528 g/mol. The van der Waals surface area contributed by atoms with Crippen LogP contribution in [0.2, 0.25) is 0 Å². The predicted molar refractivity (Wildman–Crippen MR) is 149 cm³/mol. The summed E-state index contributed by atoms with van der Waals surface area (Å²) in [6.45, 7) is 6.75. The quantitative estimate of drug-likeness (QED) is 0.255. The van der Waals surface area contributed by atoms with Crippen molar-refractivity contribution >= 4 is 23.7 Å². The molecule has 216 valence electrons. The molecule has 1 fully saturated rings. The average Bonchev–Trinajstić information content (AvgIpc) is 3.43. The van der Waals surface area contributed by atoms with Crippen LogP contribution in [0.3, 0.4) is 0 Å². The monoisotopic (exact) mass is 562 g/mol. The van der Waals surface area contributed by atoms with Gasteiger partial charge in [-0.05, 0) is 37.0 Å². The van der Waals surface area contributed by atoms with Crippen molar-refractivity contribution in [3.8, 4) is 5.75 Å². The van der Waals surface area contributed by atoms with Crippen molar-refractivity contribution in [2.75, 3.05) is 19.7 Å². The number of fused-ring (bicyclic) bond motifs is 1. The maximum absolute atomic E-state index is 13.6. The molecule has 5 unspecified atom stereocenters. The summed E-state index contributed by atoms with van der Waals surface area (Å²) in [5, 5.41) is 28.4. The molecule has 1 saturated heterocycles. The molecular formula is C27H34N10O4. The number of aliphatic imine (C=N–C) groups is 2. The Bertz CT molecular complexity index is 1460. The van der Waals surface area contributed by atoms with Gasteiger partial charge < -0.3 is 42.2 Å². The van der Waals surface area contributed by atoms with Gasteiger partial charge in [0.1, 0.15) is 17.9 Å². The minimum atomic E-state index is -1.26. The molecule has 8 N–H and O–H groups in total. The third kappa shape index (κ3) is 4.29. The lowest BCUT2D eigenvalue weighted by molar-refractivity contribution is 0.0143. The van der Waals surface area contributed by atoms with Gasteiger partial charge in [-0.1, -0.05) is 26.0 Å². The number of aliphatic hydroxyl groups is 1. The molecule has 4 aliphatic heterocycles. The van der Waals surface area contributed by atoms with E-state index in [0.29, 0.717) is 23.6 Å². The zero-order valence-electron chi connectivity index (χ0n) is 23.1. The van der Waals surface area contributed by atoms with E-state index in [1.165, 1.54) is 0 Å². The minimum Gasteiger partial charge on any atom is -0.492 e. The predicted octanol–water partition coefficient (Wildman–Crippen LogP) is -1.27. The number of ether oxygens (including phenoxy) is 1. The first kappa shape index (κ1) is 26.7. The van der Waals surface area contributed by atoms with Crippen LogP contribution in [-0.4, -0.2) is 93.5 Å². The lowest BCUT2D eigenvalue weighted by Gasteiger charge is -2.46. The molecule has 0 bridgehead atoms. The van der Waals surface area contributed by atoms with E-state index in [4.69, 9.17) is 16.2 Å². The Morgan fingerprint density at radius 1 is 1.17 bits per heavy atom. The number of aryl methyl sites for hydroxylation is 1. The minimum absolute atomic E-state index is 0.0564. The molecule has 41 heavy (non-hydrogen) atoms. The Labute approximate surface area is 236 Å². The molecule has 4 aliphatic rings. The van der Waals surface area contributed by atoms with Gasteiger partial charge in [0.15, 0.2) is 23.3 Å². The Hall–Kier alpha value is -4.46. The average molecular weight is 563 g/mol. The Morgan fingerprint density at radius 3 is 2.73 bits per heavy atom. The van der Waals surface area contributed by atoms with Crippen LogP contribution in [0.25, 0.3) is 0 Å². The highest BCUT2D eigenvalue weighted by Crippen LogP contribution is 2.42. The van der Waals surface area contributed by atoms with Gasteiger partial charge in [0.05, 0.1) is 29.9 Å². The Balaban J connectivity index is 1.22. The van der Waals surface area contributed by atoms with E-state index in [9.17, 15) is 14.7 Å². The molecule has 6 rings (SSSR count). The number of nitrogens with two attached hydrogens (primary N) is 2. The van der Waals surface area contributed by atoms with Gasteiger partial charge in [-0.3, -0.25) is 9.59 Å². The highest BCUT2D eigenvalue weighted by atomic mass is 16.5. The number of aromatic nitrogens is 2. The number of rotatable bonds is 5. The molecule has 0 aliphatic carbocycles. The standard InChI is InChI=1S/C27H34N10O4/c1-13-7-8-16(36-35-13)23(40)30-11-17-20-27(34-24(28)33-20)21(38)18(12-37(27)25(29)32-17)31-22(39)14-5-4-6-15-19(14)41-10-9-26(15,2)3/h4-8,17-18,20-21,38H,9-12H2,1-3H3,(H2,29,32)(H,30,40)(H,31,39)(H3,28,33,34). The Morgan fingerprint density at radius 2 is 1.98 bits per heavy atom. The van der Waals surface area contributed by atoms with Crippen LogP contribution in [0, 0.1) is 6.92 Å². The molecule has 1 aromatic carbocycles. The SMILES string of the molecule is Cc1ccc(C(=O)NCC2N=C(N)N3CC(NC(=O)c4cccc5c4OCCC5(C)C)C(O)C34NC(N)=NC24)nn1. The molecule has 5 atom stereocenters. The van der Waals surface area contributed by atoms with E-state index in [-0.39, 0.29) is 42.0 Å². The van der Waals surface area contributed by atoms with E-state index < -0.39 is 35.8 Å². The van der Waals surface area contributed by atoms with Crippen LogP contribution >= 0.6 is 0 Å². The van der Waals surface area contributed by atoms with Gasteiger partial charge in [0.2, 0.25) is 0 Å². The number of aliphatic hydroxyl groups excluding tert-OH is 1. The van der Waals surface area contributed by atoms with Crippen LogP contribution in [0.15, 0.2) is 40.3 Å². The second-order valence-corrected chi connectivity index (χ2v) is 11.5. The summed E-state index contributed by atoms with van der Waals surface area (Å²) in [6.07, 6.45) is -0.329. The van der Waals surface area contributed by atoms with Gasteiger partial charge >= 0.3 is 0 Å². The van der Waals surface area contributed by atoms with Gasteiger partial charge in [-0.15, -0.1) is 5.10 Å². The summed E-state index contributed by atoms with van der Waals surface area (Å²) < 4.78 is 5.93. The third-order valence-corrected chi connectivity index (χ3v) is 8.44. The fourth-order valence-corrected chi connectivity index (χ4v) is 6.21. The second kappa shape index (κ2) is 9.58. The van der Waals surface area contributed by atoms with Gasteiger partial charge in [0.25, 0.3) is 11.8 Å². The van der Waals surface area contributed by atoms with Crippen molar-refractivity contribution in [2.24, 2.45) is 21.5 Å². The zero-order valence-corrected chi connectivity index (χ0v) is 23.1. The Kier molecular flexibility index (Phi) is 6.25. The maximum Gasteiger partial charge on any atom is 0.271 e. The number of carbonyl (C=O) groups is 2. The van der Waals surface area contributed by atoms with Crippen molar-refractivity contribution in [1.29, 1.82) is 0 Å². The summed E-state index contributed by atoms with van der Waals surface area (Å²) in [5.74, 6) is -0.0131. The number of para-hydroxylation sites is 1. The highest BCUT2D eigenvalue weighted by Gasteiger charge is 2.65. The largest absolute Gasteiger partial charge is 0.492 e. The van der Waals surface area contributed by atoms with E-state index in [2.05, 4.69) is 50.0 Å². The van der Waals surface area contributed by atoms with E-state index in [1.54, 1.807) is 30.0 Å². The number of hydrogen-bond acceptors (Lipinski definition) is 12. The summed E-state index contributed by atoms with van der Waals surface area (Å²) in [6, 6.07) is 6.71. The molecule has 14 heteroatoms. The van der Waals surface area contributed by atoms with Crippen LogP contribution in [0.5, 0.6) is 5.75 Å². The number of hydrogen-bond donors (Lipinski definition) is 6. The fourth-order valence-electron chi connectivity index (χ4n) is 6.21. The van der Waals surface area contributed by atoms with Crippen LogP contribution in [0.1, 0.15) is 52.4 Å². The van der Waals surface area contributed by atoms with Crippen molar-refractivity contribution in [3.05, 3.63) is 52.8 Å². The number of benzene rings is 1. The van der Waals surface area contributed by atoms with Crippen LogP contribution < -0.4 is 32.2 Å². The number of nitrogens with one attached hydrogen (secondary N) is 3. The third-order valence-electron chi connectivity index (χ3n) is 8.44.